The van der Waals surface area contributed by atoms with Crippen LogP contribution >= 0.6 is 11.8 Å². The zero-order valence-corrected chi connectivity index (χ0v) is 15.8. The number of nitrogens with one attached hydrogen (secondary N) is 1. The van der Waals surface area contributed by atoms with Gasteiger partial charge in [-0.05, 0) is 37.3 Å². The minimum atomic E-state index is -1.25. The molecular weight excluding hydrogens is 382 g/mol. The molecule has 9 heteroatoms. The van der Waals surface area contributed by atoms with Gasteiger partial charge in [0.25, 0.3) is 5.91 Å². The second kappa shape index (κ2) is 10.1. The van der Waals surface area contributed by atoms with Crippen LogP contribution in [0.3, 0.4) is 0 Å². The standard InChI is InChI=1S/C19H17N3O5S/c1-2-27-17(23)7-8-28-16-6-4-13(11-21-16)18(24)22-15-5-3-12(10-20)9-14(15)19(25)26/h3-6,9,11H,2,7-8H2,1H3,(H,22,24)(H,25,26). The Morgan fingerprint density at radius 3 is 2.68 bits per heavy atom. The van der Waals surface area contributed by atoms with Crippen molar-refractivity contribution in [2.24, 2.45) is 0 Å². The molecule has 1 aromatic carbocycles. The van der Waals surface area contributed by atoms with Gasteiger partial charge in [0.15, 0.2) is 0 Å². The third-order valence-corrected chi connectivity index (χ3v) is 4.43. The summed E-state index contributed by atoms with van der Waals surface area (Å²) in [6.07, 6.45) is 1.63. The summed E-state index contributed by atoms with van der Waals surface area (Å²) in [6.45, 7) is 2.09. The summed E-state index contributed by atoms with van der Waals surface area (Å²) in [5.74, 6) is -1.55. The highest BCUT2D eigenvalue weighted by Crippen LogP contribution is 2.20. The van der Waals surface area contributed by atoms with Crippen LogP contribution in [0.4, 0.5) is 5.69 Å². The first kappa shape index (κ1) is 20.9. The molecule has 2 rings (SSSR count). The lowest BCUT2D eigenvalue weighted by atomic mass is 10.1. The first-order chi connectivity index (χ1) is 13.4. The number of hydrogen-bond donors (Lipinski definition) is 2. The number of hydrogen-bond acceptors (Lipinski definition) is 7. The number of carboxylic acid groups (broad SMARTS) is 1. The lowest BCUT2D eigenvalue weighted by Crippen LogP contribution is -2.15. The number of rotatable bonds is 8. The number of pyridine rings is 1. The van der Waals surface area contributed by atoms with E-state index < -0.39 is 11.9 Å². The van der Waals surface area contributed by atoms with Crippen molar-refractivity contribution >= 4 is 35.3 Å². The number of carboxylic acids is 1. The molecule has 0 saturated carbocycles. The summed E-state index contributed by atoms with van der Waals surface area (Å²) >= 11 is 1.36. The van der Waals surface area contributed by atoms with Crippen molar-refractivity contribution in [3.63, 3.8) is 0 Å². The highest BCUT2D eigenvalue weighted by Gasteiger charge is 2.15. The second-order valence-corrected chi connectivity index (χ2v) is 6.54. The van der Waals surface area contributed by atoms with E-state index in [-0.39, 0.29) is 34.8 Å². The Morgan fingerprint density at radius 2 is 2.07 bits per heavy atom. The van der Waals surface area contributed by atoms with Gasteiger partial charge >= 0.3 is 11.9 Å². The number of amides is 1. The Hall–Kier alpha value is -3.38. The average Bonchev–Trinajstić information content (AvgIpc) is 2.68. The Labute approximate surface area is 165 Å². The first-order valence-corrected chi connectivity index (χ1v) is 9.26. The summed E-state index contributed by atoms with van der Waals surface area (Å²) in [4.78, 5) is 39.1. The van der Waals surface area contributed by atoms with Gasteiger partial charge in [0.05, 0.1) is 46.5 Å². The van der Waals surface area contributed by atoms with E-state index in [1.165, 1.54) is 36.2 Å². The lowest BCUT2D eigenvalue weighted by molar-refractivity contribution is -0.142. The van der Waals surface area contributed by atoms with E-state index in [0.29, 0.717) is 17.4 Å². The fourth-order valence-electron chi connectivity index (χ4n) is 2.17. The van der Waals surface area contributed by atoms with Crippen molar-refractivity contribution in [3.05, 3.63) is 53.2 Å². The average molecular weight is 399 g/mol. The molecule has 28 heavy (non-hydrogen) atoms. The van der Waals surface area contributed by atoms with Gasteiger partial charge in [-0.25, -0.2) is 9.78 Å². The van der Waals surface area contributed by atoms with Crippen LogP contribution in [0.5, 0.6) is 0 Å². The van der Waals surface area contributed by atoms with Crippen LogP contribution in [0.25, 0.3) is 0 Å². The molecule has 144 valence electrons. The van der Waals surface area contributed by atoms with Gasteiger partial charge < -0.3 is 15.2 Å². The summed E-state index contributed by atoms with van der Waals surface area (Å²) in [5.41, 5.74) is 0.340. The van der Waals surface area contributed by atoms with Gasteiger partial charge in [0.2, 0.25) is 0 Å². The van der Waals surface area contributed by atoms with Crippen LogP contribution in [0.1, 0.15) is 39.6 Å². The number of aromatic nitrogens is 1. The highest BCUT2D eigenvalue weighted by atomic mass is 32.2. The zero-order valence-electron chi connectivity index (χ0n) is 15.0. The predicted octanol–water partition coefficient (Wildman–Crippen LogP) is 2.95. The fourth-order valence-corrected chi connectivity index (χ4v) is 2.94. The minimum Gasteiger partial charge on any atom is -0.478 e. The SMILES string of the molecule is CCOC(=O)CCSc1ccc(C(=O)Nc2ccc(C#N)cc2C(=O)O)cn1. The van der Waals surface area contributed by atoms with Gasteiger partial charge in [-0.3, -0.25) is 9.59 Å². The fraction of sp³-hybridized carbons (Fsp3) is 0.211. The summed E-state index contributed by atoms with van der Waals surface area (Å²) in [5, 5.41) is 21.3. The highest BCUT2D eigenvalue weighted by molar-refractivity contribution is 7.99. The molecule has 1 amide bonds. The monoisotopic (exact) mass is 399 g/mol. The molecular formula is C19H17N3O5S. The van der Waals surface area contributed by atoms with Crippen molar-refractivity contribution in [1.29, 1.82) is 5.26 Å². The Balaban J connectivity index is 2.01. The minimum absolute atomic E-state index is 0.0874. The Kier molecular flexibility index (Phi) is 7.54. The number of ether oxygens (including phenoxy) is 1. The maximum absolute atomic E-state index is 12.4. The molecule has 0 aliphatic heterocycles. The van der Waals surface area contributed by atoms with Gasteiger partial charge in [-0.2, -0.15) is 5.26 Å². The van der Waals surface area contributed by atoms with Crippen LogP contribution in [0.2, 0.25) is 0 Å². The third kappa shape index (κ3) is 5.82. The molecule has 1 aromatic heterocycles. The maximum atomic E-state index is 12.4. The summed E-state index contributed by atoms with van der Waals surface area (Å²) in [6, 6.07) is 9.03. The molecule has 0 bridgehead atoms. The number of esters is 1. The molecule has 2 N–H and O–H groups in total. The first-order valence-electron chi connectivity index (χ1n) is 8.28. The van der Waals surface area contributed by atoms with E-state index in [1.54, 1.807) is 19.1 Å². The van der Waals surface area contributed by atoms with E-state index in [9.17, 15) is 19.5 Å². The van der Waals surface area contributed by atoms with E-state index in [2.05, 4.69) is 10.3 Å². The smallest absolute Gasteiger partial charge is 0.337 e. The van der Waals surface area contributed by atoms with Crippen molar-refractivity contribution in [3.8, 4) is 6.07 Å². The van der Waals surface area contributed by atoms with Crippen LogP contribution < -0.4 is 5.32 Å². The van der Waals surface area contributed by atoms with E-state index in [0.717, 1.165) is 0 Å². The lowest BCUT2D eigenvalue weighted by Gasteiger charge is -2.09. The molecule has 2 aromatic rings. The van der Waals surface area contributed by atoms with Gasteiger partial charge in [0, 0.05) is 11.9 Å². The Morgan fingerprint density at radius 1 is 1.29 bits per heavy atom. The van der Waals surface area contributed by atoms with Crippen molar-refractivity contribution in [2.45, 2.75) is 18.4 Å². The normalized spacial score (nSPS) is 10.0. The number of nitriles is 1. The second-order valence-electron chi connectivity index (χ2n) is 5.42. The largest absolute Gasteiger partial charge is 0.478 e. The van der Waals surface area contributed by atoms with Crippen LogP contribution in [-0.2, 0) is 9.53 Å². The number of carbonyl (C=O) groups is 3. The van der Waals surface area contributed by atoms with Gasteiger partial charge in [-0.15, -0.1) is 11.8 Å². The number of carbonyl (C=O) groups excluding carboxylic acids is 2. The molecule has 0 unspecified atom stereocenters. The topological polar surface area (TPSA) is 129 Å². The van der Waals surface area contributed by atoms with Crippen LogP contribution in [0.15, 0.2) is 41.6 Å². The zero-order chi connectivity index (χ0) is 20.5. The molecule has 0 fully saturated rings. The van der Waals surface area contributed by atoms with Crippen molar-refractivity contribution in [2.75, 3.05) is 17.7 Å². The van der Waals surface area contributed by atoms with E-state index in [1.807, 2.05) is 6.07 Å². The quantitative estimate of drug-likeness (QED) is 0.512. The molecule has 0 aliphatic carbocycles. The molecule has 0 spiro atoms. The number of anilines is 1. The van der Waals surface area contributed by atoms with Crippen molar-refractivity contribution in [1.82, 2.24) is 4.98 Å². The number of thioether (sulfide) groups is 1. The predicted molar refractivity (Wildman–Crippen MR) is 102 cm³/mol. The molecule has 1 heterocycles. The molecule has 0 saturated heterocycles. The molecule has 0 atom stereocenters. The van der Waals surface area contributed by atoms with Crippen molar-refractivity contribution < 1.29 is 24.2 Å². The number of aromatic carboxylic acids is 1. The molecule has 0 radical (unpaired) electrons. The number of nitrogens with zero attached hydrogens (tertiary/aromatic N) is 2. The summed E-state index contributed by atoms with van der Waals surface area (Å²) in [7, 11) is 0. The van der Waals surface area contributed by atoms with Gasteiger partial charge in [-0.1, -0.05) is 0 Å². The maximum Gasteiger partial charge on any atom is 0.337 e. The van der Waals surface area contributed by atoms with Crippen LogP contribution in [0, 0.1) is 11.3 Å². The van der Waals surface area contributed by atoms with E-state index in [4.69, 9.17) is 10.00 Å². The molecule has 0 aliphatic rings. The summed E-state index contributed by atoms with van der Waals surface area (Å²) < 4.78 is 4.84. The number of benzene rings is 1. The Bertz CT molecular complexity index is 922. The molecule has 8 nitrogen and oxygen atoms in total. The van der Waals surface area contributed by atoms with Gasteiger partial charge in [0.1, 0.15) is 0 Å². The van der Waals surface area contributed by atoms with E-state index >= 15 is 0 Å². The van der Waals surface area contributed by atoms with Crippen LogP contribution in [-0.4, -0.2) is 40.3 Å². The third-order valence-electron chi connectivity index (χ3n) is 3.49.